The maximum Gasteiger partial charge on any atom is 0.332 e. The highest BCUT2D eigenvalue weighted by Gasteiger charge is 2.18. The van der Waals surface area contributed by atoms with Gasteiger partial charge in [-0.15, -0.1) is 0 Å². The average molecular weight is 445 g/mol. The van der Waals surface area contributed by atoms with Crippen LogP contribution in [0.1, 0.15) is 5.69 Å². The van der Waals surface area contributed by atoms with Crippen molar-refractivity contribution >= 4 is 22.6 Å². The number of nitrogens with zero attached hydrogens (tertiary/aromatic N) is 4. The number of carbonyl (C=O) groups excluding carboxylic acids is 1. The summed E-state index contributed by atoms with van der Waals surface area (Å²) in [4.78, 5) is 47.4. The van der Waals surface area contributed by atoms with Crippen LogP contribution in [-0.2, 0) is 17.9 Å². The van der Waals surface area contributed by atoms with Gasteiger partial charge >= 0.3 is 5.69 Å². The molecule has 1 N–H and O–H groups in total. The zero-order valence-corrected chi connectivity index (χ0v) is 17.4. The fourth-order valence-corrected chi connectivity index (χ4v) is 3.65. The molecule has 0 radical (unpaired) electrons. The molecule has 1 aliphatic heterocycles. The molecule has 1 aromatic carbocycles. The van der Waals surface area contributed by atoms with E-state index in [1.54, 1.807) is 54.7 Å². The molecular formula is C23H19N5O5. The molecule has 0 bridgehead atoms. The number of anilines is 1. The lowest BCUT2D eigenvalue weighted by atomic mass is 10.2. The Bertz CT molecular complexity index is 1460. The van der Waals surface area contributed by atoms with E-state index in [1.807, 2.05) is 0 Å². The Kier molecular flexibility index (Phi) is 5.31. The predicted molar refractivity (Wildman–Crippen MR) is 120 cm³/mol. The molecule has 33 heavy (non-hydrogen) atoms. The molecule has 10 heteroatoms. The largest absolute Gasteiger partial charge is 0.486 e. The van der Waals surface area contributed by atoms with E-state index in [-0.39, 0.29) is 24.1 Å². The van der Waals surface area contributed by atoms with Crippen LogP contribution in [0.5, 0.6) is 11.5 Å². The van der Waals surface area contributed by atoms with Crippen molar-refractivity contribution in [1.29, 1.82) is 0 Å². The van der Waals surface area contributed by atoms with Gasteiger partial charge in [-0.2, -0.15) is 0 Å². The molecule has 0 saturated heterocycles. The average Bonchev–Trinajstić information content (AvgIpc) is 2.85. The first-order valence-corrected chi connectivity index (χ1v) is 10.3. The first kappa shape index (κ1) is 20.4. The second kappa shape index (κ2) is 8.58. The van der Waals surface area contributed by atoms with Crippen molar-refractivity contribution < 1.29 is 14.3 Å². The van der Waals surface area contributed by atoms with Gasteiger partial charge in [-0.05, 0) is 36.4 Å². The van der Waals surface area contributed by atoms with Crippen LogP contribution in [-0.4, -0.2) is 38.2 Å². The van der Waals surface area contributed by atoms with E-state index in [9.17, 15) is 14.4 Å². The van der Waals surface area contributed by atoms with Gasteiger partial charge in [0.1, 0.15) is 19.8 Å². The van der Waals surface area contributed by atoms with Crippen molar-refractivity contribution in [3.63, 3.8) is 0 Å². The molecule has 1 amide bonds. The minimum atomic E-state index is -0.622. The predicted octanol–water partition coefficient (Wildman–Crippen LogP) is 1.41. The minimum Gasteiger partial charge on any atom is -0.486 e. The van der Waals surface area contributed by atoms with Crippen LogP contribution in [0.4, 0.5) is 5.69 Å². The first-order chi connectivity index (χ1) is 16.1. The van der Waals surface area contributed by atoms with Gasteiger partial charge in [0, 0.05) is 24.1 Å². The quantitative estimate of drug-likeness (QED) is 0.494. The molecule has 3 aromatic heterocycles. The fraction of sp³-hybridized carbons (Fsp3) is 0.174. The van der Waals surface area contributed by atoms with Gasteiger partial charge in [-0.1, -0.05) is 6.07 Å². The molecule has 5 rings (SSSR count). The number of nitrogens with one attached hydrogen (secondary N) is 1. The van der Waals surface area contributed by atoms with Gasteiger partial charge in [-0.3, -0.25) is 23.7 Å². The first-order valence-electron chi connectivity index (χ1n) is 10.3. The number of pyridine rings is 2. The van der Waals surface area contributed by atoms with Gasteiger partial charge in [-0.25, -0.2) is 9.78 Å². The van der Waals surface area contributed by atoms with Gasteiger partial charge in [0.15, 0.2) is 17.0 Å². The number of rotatable bonds is 5. The molecule has 0 spiro atoms. The number of fused-ring (bicyclic) bond motifs is 2. The summed E-state index contributed by atoms with van der Waals surface area (Å²) in [5.74, 6) is 0.700. The third kappa shape index (κ3) is 4.05. The minimum absolute atomic E-state index is 0.0329. The number of hydrogen-bond acceptors (Lipinski definition) is 7. The van der Waals surface area contributed by atoms with E-state index >= 15 is 0 Å². The Morgan fingerprint density at radius 3 is 2.58 bits per heavy atom. The van der Waals surface area contributed by atoms with Crippen LogP contribution in [0, 0.1) is 0 Å². The Balaban J connectivity index is 1.49. The maximum atomic E-state index is 13.2. The molecule has 0 saturated carbocycles. The highest BCUT2D eigenvalue weighted by atomic mass is 16.6. The zero-order chi connectivity index (χ0) is 22.8. The normalized spacial score (nSPS) is 12.5. The summed E-state index contributed by atoms with van der Waals surface area (Å²) in [6.45, 7) is 0.556. The topological polar surface area (TPSA) is 117 Å². The van der Waals surface area contributed by atoms with Crippen LogP contribution >= 0.6 is 0 Å². The van der Waals surface area contributed by atoms with Gasteiger partial charge in [0.25, 0.3) is 5.56 Å². The Labute approximate surface area is 187 Å². The lowest BCUT2D eigenvalue weighted by molar-refractivity contribution is -0.116. The summed E-state index contributed by atoms with van der Waals surface area (Å²) >= 11 is 0. The molecule has 0 unspecified atom stereocenters. The van der Waals surface area contributed by atoms with Crippen LogP contribution < -0.4 is 26.0 Å². The third-order valence-electron chi connectivity index (χ3n) is 5.16. The smallest absolute Gasteiger partial charge is 0.332 e. The van der Waals surface area contributed by atoms with Crippen LogP contribution in [0.3, 0.4) is 0 Å². The maximum absolute atomic E-state index is 13.2. The summed E-state index contributed by atoms with van der Waals surface area (Å²) in [6, 6.07) is 13.5. The summed E-state index contributed by atoms with van der Waals surface area (Å²) in [7, 11) is 0. The van der Waals surface area contributed by atoms with Crippen molar-refractivity contribution in [2.75, 3.05) is 18.5 Å². The second-order valence-electron chi connectivity index (χ2n) is 7.36. The van der Waals surface area contributed by atoms with Crippen molar-refractivity contribution in [1.82, 2.24) is 19.1 Å². The molecule has 1 aliphatic rings. The Morgan fingerprint density at radius 1 is 0.939 bits per heavy atom. The lowest BCUT2D eigenvalue weighted by Crippen LogP contribution is -2.42. The van der Waals surface area contributed by atoms with E-state index < -0.39 is 17.2 Å². The van der Waals surface area contributed by atoms with Crippen molar-refractivity contribution in [3.05, 3.63) is 87.5 Å². The number of carbonyl (C=O) groups is 1. The number of hydrogen-bond donors (Lipinski definition) is 1. The number of amides is 1. The monoisotopic (exact) mass is 445 g/mol. The van der Waals surface area contributed by atoms with Gasteiger partial charge in [0.2, 0.25) is 5.91 Å². The number of ether oxygens (including phenoxy) is 2. The van der Waals surface area contributed by atoms with Crippen molar-refractivity contribution in [3.8, 4) is 11.5 Å². The molecule has 4 heterocycles. The van der Waals surface area contributed by atoms with E-state index in [0.29, 0.717) is 36.1 Å². The third-order valence-corrected chi connectivity index (χ3v) is 5.16. The van der Waals surface area contributed by atoms with E-state index in [1.165, 1.54) is 10.8 Å². The summed E-state index contributed by atoms with van der Waals surface area (Å²) in [6.07, 6.45) is 3.05. The molecule has 4 aromatic rings. The van der Waals surface area contributed by atoms with Crippen LogP contribution in [0.15, 0.2) is 70.5 Å². The van der Waals surface area contributed by atoms with Crippen LogP contribution in [0.2, 0.25) is 0 Å². The van der Waals surface area contributed by atoms with Gasteiger partial charge in [0.05, 0.1) is 17.8 Å². The zero-order valence-electron chi connectivity index (χ0n) is 17.4. The van der Waals surface area contributed by atoms with E-state index in [4.69, 9.17) is 9.47 Å². The van der Waals surface area contributed by atoms with E-state index in [0.717, 1.165) is 4.57 Å². The molecular weight excluding hydrogens is 426 g/mol. The van der Waals surface area contributed by atoms with Gasteiger partial charge < -0.3 is 14.8 Å². The van der Waals surface area contributed by atoms with E-state index in [2.05, 4.69) is 15.3 Å². The molecule has 0 atom stereocenters. The van der Waals surface area contributed by atoms with Crippen LogP contribution in [0.25, 0.3) is 11.0 Å². The summed E-state index contributed by atoms with van der Waals surface area (Å²) in [5, 5.41) is 2.76. The highest BCUT2D eigenvalue weighted by molar-refractivity contribution is 5.91. The van der Waals surface area contributed by atoms with Crippen molar-refractivity contribution in [2.24, 2.45) is 0 Å². The highest BCUT2D eigenvalue weighted by Crippen LogP contribution is 2.32. The number of benzene rings is 1. The lowest BCUT2D eigenvalue weighted by Gasteiger charge is -2.19. The Morgan fingerprint density at radius 2 is 1.76 bits per heavy atom. The molecule has 0 aliphatic carbocycles. The Hall–Kier alpha value is -4.47. The summed E-state index contributed by atoms with van der Waals surface area (Å²) < 4.78 is 13.3. The SMILES string of the molecule is O=C(Cn1c(=O)n(Cc2ccccn2)c(=O)c2ncccc21)Nc1ccc2c(c1)OCCO2. The van der Waals surface area contributed by atoms with Crippen molar-refractivity contribution in [2.45, 2.75) is 13.1 Å². The second-order valence-corrected chi connectivity index (χ2v) is 7.36. The molecule has 10 nitrogen and oxygen atoms in total. The fourth-order valence-electron chi connectivity index (χ4n) is 3.65. The standard InChI is InChI=1S/C23H19N5O5/c29-20(26-15-6-7-18-19(12-15)33-11-10-32-18)14-27-17-5-3-9-25-21(17)22(30)28(23(27)31)13-16-4-1-2-8-24-16/h1-9,12H,10-11,13-14H2,(H,26,29). The molecule has 0 fully saturated rings. The summed E-state index contributed by atoms with van der Waals surface area (Å²) in [5.41, 5.74) is 0.260. The molecule has 166 valence electrons. The number of aromatic nitrogens is 4.